The average Bonchev–Trinajstić information content (AvgIpc) is 3.26. The Balaban J connectivity index is 1.55. The molecule has 3 aromatic carbocycles. The Labute approximate surface area is 173 Å². The van der Waals surface area contributed by atoms with E-state index in [1.165, 1.54) is 16.9 Å². The summed E-state index contributed by atoms with van der Waals surface area (Å²) in [5.74, 6) is 0. The number of benzene rings is 3. The molecular weight excluding hydrogens is 376 g/mol. The van der Waals surface area contributed by atoms with Gasteiger partial charge in [-0.15, -0.1) is 11.3 Å². The van der Waals surface area contributed by atoms with E-state index in [1.54, 1.807) is 0 Å². The number of aromatic nitrogens is 1. The van der Waals surface area contributed by atoms with Gasteiger partial charge >= 0.3 is 0 Å². The summed E-state index contributed by atoms with van der Waals surface area (Å²) in [5.41, 5.74) is 9.35. The molecule has 4 rings (SSSR count). The summed E-state index contributed by atoms with van der Waals surface area (Å²) >= 11 is 1.41. The quantitative estimate of drug-likeness (QED) is 0.327. The molecule has 29 heavy (non-hydrogen) atoms. The van der Waals surface area contributed by atoms with Gasteiger partial charge in [0.05, 0.1) is 11.4 Å². The van der Waals surface area contributed by atoms with Crippen molar-refractivity contribution in [3.8, 4) is 28.5 Å². The highest BCUT2D eigenvalue weighted by molar-refractivity contribution is 7.12. The molecule has 0 saturated heterocycles. The summed E-state index contributed by atoms with van der Waals surface area (Å²) in [4.78, 5) is 4.61. The average molecular weight is 395 g/mol. The molecule has 0 bridgehead atoms. The SMILES string of the molecule is Cc1ccccc1NN=C(C#N)c1nc(-c2ccc(-c3ccccc3)cc2)cs1. The first-order chi connectivity index (χ1) is 14.2. The molecule has 1 N–H and O–H groups in total. The van der Waals surface area contributed by atoms with Gasteiger partial charge in [0.1, 0.15) is 6.07 Å². The number of hydrogen-bond donors (Lipinski definition) is 1. The molecule has 1 aromatic heterocycles. The number of hydrogen-bond acceptors (Lipinski definition) is 5. The van der Waals surface area contributed by atoms with Crippen LogP contribution in [0, 0.1) is 18.3 Å². The van der Waals surface area contributed by atoms with Gasteiger partial charge in [0.15, 0.2) is 10.7 Å². The van der Waals surface area contributed by atoms with Crippen molar-refractivity contribution in [1.82, 2.24) is 4.98 Å². The van der Waals surface area contributed by atoms with E-state index in [4.69, 9.17) is 0 Å². The highest BCUT2D eigenvalue weighted by atomic mass is 32.1. The first-order valence-electron chi connectivity index (χ1n) is 9.16. The molecule has 0 fully saturated rings. The fourth-order valence-corrected chi connectivity index (χ4v) is 3.68. The second-order valence-corrected chi connectivity index (χ2v) is 7.34. The lowest BCUT2D eigenvalue weighted by molar-refractivity contribution is 1.28. The smallest absolute Gasteiger partial charge is 0.196 e. The van der Waals surface area contributed by atoms with Gasteiger partial charge in [0.2, 0.25) is 0 Å². The van der Waals surface area contributed by atoms with E-state index in [9.17, 15) is 5.26 Å². The number of nitriles is 1. The third kappa shape index (κ3) is 4.23. The summed E-state index contributed by atoms with van der Waals surface area (Å²) in [5, 5.41) is 16.3. The summed E-state index contributed by atoms with van der Waals surface area (Å²) in [7, 11) is 0. The van der Waals surface area contributed by atoms with Crippen LogP contribution in [0.25, 0.3) is 22.4 Å². The summed E-state index contributed by atoms with van der Waals surface area (Å²) < 4.78 is 0. The van der Waals surface area contributed by atoms with E-state index in [-0.39, 0.29) is 5.71 Å². The van der Waals surface area contributed by atoms with Crippen molar-refractivity contribution >= 4 is 22.7 Å². The fourth-order valence-electron chi connectivity index (χ4n) is 2.91. The van der Waals surface area contributed by atoms with E-state index in [2.05, 4.69) is 58.0 Å². The normalized spacial score (nSPS) is 11.1. The van der Waals surface area contributed by atoms with Crippen molar-refractivity contribution in [3.63, 3.8) is 0 Å². The summed E-state index contributed by atoms with van der Waals surface area (Å²) in [6, 6.07) is 28.5. The van der Waals surface area contributed by atoms with E-state index < -0.39 is 0 Å². The van der Waals surface area contributed by atoms with Gasteiger partial charge in [-0.25, -0.2) is 4.98 Å². The maximum Gasteiger partial charge on any atom is 0.196 e. The predicted octanol–water partition coefficient (Wildman–Crippen LogP) is 6.13. The van der Waals surface area contributed by atoms with Crippen molar-refractivity contribution in [2.75, 3.05) is 5.43 Å². The van der Waals surface area contributed by atoms with Crippen LogP contribution in [-0.4, -0.2) is 10.7 Å². The van der Waals surface area contributed by atoms with Crippen molar-refractivity contribution in [3.05, 3.63) is 94.8 Å². The predicted molar refractivity (Wildman–Crippen MR) is 120 cm³/mol. The first kappa shape index (κ1) is 18.6. The van der Waals surface area contributed by atoms with Crippen LogP contribution in [-0.2, 0) is 0 Å². The lowest BCUT2D eigenvalue weighted by Gasteiger charge is -2.04. The number of nitrogens with zero attached hydrogens (tertiary/aromatic N) is 3. The molecule has 0 aliphatic rings. The van der Waals surface area contributed by atoms with Gasteiger partial charge in [-0.2, -0.15) is 10.4 Å². The molecule has 0 atom stereocenters. The van der Waals surface area contributed by atoms with Crippen LogP contribution in [0.1, 0.15) is 10.6 Å². The van der Waals surface area contributed by atoms with Gasteiger partial charge < -0.3 is 0 Å². The molecule has 0 amide bonds. The zero-order valence-electron chi connectivity index (χ0n) is 15.8. The van der Waals surface area contributed by atoms with Gasteiger partial charge in [-0.05, 0) is 29.7 Å². The lowest BCUT2D eigenvalue weighted by Crippen LogP contribution is -2.02. The van der Waals surface area contributed by atoms with Crippen LogP contribution in [0.2, 0.25) is 0 Å². The maximum atomic E-state index is 9.51. The standard InChI is InChI=1S/C24H18N4S/c1-17-7-5-6-10-21(17)27-28-22(15-25)24-26-23(16-29-24)20-13-11-19(12-14-20)18-8-3-2-4-9-18/h2-14,16,27H,1H3. The highest BCUT2D eigenvalue weighted by Crippen LogP contribution is 2.26. The Kier molecular flexibility index (Phi) is 5.46. The Hall–Kier alpha value is -3.75. The van der Waals surface area contributed by atoms with E-state index >= 15 is 0 Å². The monoisotopic (exact) mass is 394 g/mol. The highest BCUT2D eigenvalue weighted by Gasteiger charge is 2.11. The van der Waals surface area contributed by atoms with Crippen molar-refractivity contribution < 1.29 is 0 Å². The van der Waals surface area contributed by atoms with Crippen LogP contribution < -0.4 is 5.43 Å². The molecule has 0 aliphatic carbocycles. The van der Waals surface area contributed by atoms with Crippen molar-refractivity contribution in [1.29, 1.82) is 5.26 Å². The molecular formula is C24H18N4S. The van der Waals surface area contributed by atoms with Crippen LogP contribution in [0.3, 0.4) is 0 Å². The summed E-state index contributed by atoms with van der Waals surface area (Å²) in [6.45, 7) is 1.99. The Bertz CT molecular complexity index is 1190. The van der Waals surface area contributed by atoms with Gasteiger partial charge in [0.25, 0.3) is 0 Å². The second-order valence-electron chi connectivity index (χ2n) is 6.48. The number of nitrogens with one attached hydrogen (secondary N) is 1. The minimum Gasteiger partial charge on any atom is -0.277 e. The Morgan fingerprint density at radius 3 is 2.28 bits per heavy atom. The van der Waals surface area contributed by atoms with Crippen LogP contribution in [0.15, 0.2) is 89.3 Å². The third-order valence-electron chi connectivity index (χ3n) is 4.53. The summed E-state index contributed by atoms with van der Waals surface area (Å²) in [6.07, 6.45) is 0. The number of hydrazone groups is 1. The largest absolute Gasteiger partial charge is 0.277 e. The topological polar surface area (TPSA) is 61.1 Å². The van der Waals surface area contributed by atoms with Crippen molar-refractivity contribution in [2.24, 2.45) is 5.10 Å². The lowest BCUT2D eigenvalue weighted by atomic mass is 10.0. The zero-order valence-corrected chi connectivity index (χ0v) is 16.6. The third-order valence-corrected chi connectivity index (χ3v) is 5.38. The molecule has 0 aliphatic heterocycles. The maximum absolute atomic E-state index is 9.51. The molecule has 0 unspecified atom stereocenters. The second kappa shape index (κ2) is 8.51. The van der Waals surface area contributed by atoms with Crippen molar-refractivity contribution in [2.45, 2.75) is 6.92 Å². The molecule has 0 saturated carbocycles. The molecule has 1 heterocycles. The van der Waals surface area contributed by atoms with E-state index in [0.717, 1.165) is 28.1 Å². The molecule has 0 spiro atoms. The van der Waals surface area contributed by atoms with Gasteiger partial charge in [-0.3, -0.25) is 5.43 Å². The molecule has 4 nitrogen and oxygen atoms in total. The minimum absolute atomic E-state index is 0.269. The number of aryl methyl sites for hydroxylation is 1. The minimum atomic E-state index is 0.269. The number of anilines is 1. The number of para-hydroxylation sites is 1. The molecule has 140 valence electrons. The Morgan fingerprint density at radius 1 is 0.897 bits per heavy atom. The van der Waals surface area contributed by atoms with Crippen LogP contribution >= 0.6 is 11.3 Å². The van der Waals surface area contributed by atoms with E-state index in [1.807, 2.05) is 54.8 Å². The fraction of sp³-hybridized carbons (Fsp3) is 0.0417. The van der Waals surface area contributed by atoms with Gasteiger partial charge in [0, 0.05) is 10.9 Å². The van der Waals surface area contributed by atoms with Gasteiger partial charge in [-0.1, -0.05) is 72.8 Å². The Morgan fingerprint density at radius 2 is 1.55 bits per heavy atom. The van der Waals surface area contributed by atoms with Crippen LogP contribution in [0.4, 0.5) is 5.69 Å². The zero-order chi connectivity index (χ0) is 20.1. The number of rotatable bonds is 5. The molecule has 4 aromatic rings. The number of thiazole rings is 1. The molecule has 0 radical (unpaired) electrons. The first-order valence-corrected chi connectivity index (χ1v) is 10.0. The molecule has 5 heteroatoms. The van der Waals surface area contributed by atoms with E-state index in [0.29, 0.717) is 5.01 Å². The van der Waals surface area contributed by atoms with Crippen LogP contribution in [0.5, 0.6) is 0 Å².